The molecular weight excluding hydrogens is 470 g/mol. The molecule has 0 bridgehead atoms. The van der Waals surface area contributed by atoms with Gasteiger partial charge in [0.1, 0.15) is 23.4 Å². The number of nitrogens with zero attached hydrogens (tertiary/aromatic N) is 1. The Balaban J connectivity index is 1.97. The molecule has 2 aromatic carbocycles. The van der Waals surface area contributed by atoms with Gasteiger partial charge in [0.05, 0.1) is 0 Å². The molecule has 3 amide bonds. The zero-order valence-electron chi connectivity index (χ0n) is 22.2. The maximum atomic E-state index is 14.2. The Morgan fingerprint density at radius 3 is 2.38 bits per heavy atom. The molecule has 0 spiro atoms. The van der Waals surface area contributed by atoms with E-state index in [0.29, 0.717) is 12.1 Å². The molecule has 1 aliphatic carbocycles. The SMILES string of the molecule is CCCCNC(=O)C(c1cccc(O)c1)N(C(=O)C(Cc1ccccc1)NC(=O)OC(C)(C)C)C1CC1. The normalized spacial score (nSPS) is 14.8. The summed E-state index contributed by atoms with van der Waals surface area (Å²) in [6.45, 7) is 7.80. The summed E-state index contributed by atoms with van der Waals surface area (Å²) < 4.78 is 5.45. The molecule has 3 rings (SSSR count). The van der Waals surface area contributed by atoms with Gasteiger partial charge < -0.3 is 25.4 Å². The van der Waals surface area contributed by atoms with E-state index in [1.807, 2.05) is 37.3 Å². The van der Waals surface area contributed by atoms with Gasteiger partial charge in [0.15, 0.2) is 0 Å². The number of alkyl carbamates (subject to hydrolysis) is 1. The highest BCUT2D eigenvalue weighted by atomic mass is 16.6. The molecule has 0 radical (unpaired) electrons. The fourth-order valence-electron chi connectivity index (χ4n) is 4.17. The summed E-state index contributed by atoms with van der Waals surface area (Å²) in [7, 11) is 0. The van der Waals surface area contributed by atoms with Crippen molar-refractivity contribution in [3.8, 4) is 5.75 Å². The van der Waals surface area contributed by atoms with E-state index < -0.39 is 23.8 Å². The van der Waals surface area contributed by atoms with Gasteiger partial charge in [0.25, 0.3) is 0 Å². The standard InChI is InChI=1S/C29H39N3O5/c1-5-6-17-30-26(34)25(21-13-10-14-23(33)19-21)32(22-15-16-22)27(35)24(18-20-11-8-7-9-12-20)31-28(36)37-29(2,3)4/h7-14,19,22,24-25,33H,5-6,15-18H2,1-4H3,(H,30,34)(H,31,36). The zero-order chi connectivity index (χ0) is 27.0. The predicted octanol–water partition coefficient (Wildman–Crippen LogP) is 4.48. The van der Waals surface area contributed by atoms with Gasteiger partial charge in [-0.2, -0.15) is 0 Å². The minimum atomic E-state index is -0.943. The van der Waals surface area contributed by atoms with Gasteiger partial charge in [0.2, 0.25) is 11.8 Å². The van der Waals surface area contributed by atoms with E-state index in [1.165, 1.54) is 12.1 Å². The summed E-state index contributed by atoms with van der Waals surface area (Å²) in [5.74, 6) is -0.661. The van der Waals surface area contributed by atoms with Crippen molar-refractivity contribution in [1.29, 1.82) is 0 Å². The van der Waals surface area contributed by atoms with Crippen molar-refractivity contribution in [2.75, 3.05) is 6.54 Å². The number of nitrogens with one attached hydrogen (secondary N) is 2. The van der Waals surface area contributed by atoms with Gasteiger partial charge in [0, 0.05) is 19.0 Å². The molecule has 2 atom stereocenters. The van der Waals surface area contributed by atoms with Crippen LogP contribution in [-0.2, 0) is 20.7 Å². The summed E-state index contributed by atoms with van der Waals surface area (Å²) in [5, 5.41) is 15.9. The summed E-state index contributed by atoms with van der Waals surface area (Å²) in [5.41, 5.74) is 0.656. The summed E-state index contributed by atoms with van der Waals surface area (Å²) in [6, 6.07) is 13.8. The van der Waals surface area contributed by atoms with Gasteiger partial charge in [-0.25, -0.2) is 4.79 Å². The number of benzene rings is 2. The number of amides is 3. The first-order valence-corrected chi connectivity index (χ1v) is 13.0. The molecule has 1 fully saturated rings. The summed E-state index contributed by atoms with van der Waals surface area (Å²) in [6.07, 6.45) is 2.79. The monoisotopic (exact) mass is 509 g/mol. The largest absolute Gasteiger partial charge is 0.508 e. The third-order valence-electron chi connectivity index (χ3n) is 6.01. The smallest absolute Gasteiger partial charge is 0.408 e. The average molecular weight is 510 g/mol. The van der Waals surface area contributed by atoms with Crippen LogP contribution in [0.2, 0.25) is 0 Å². The topological polar surface area (TPSA) is 108 Å². The number of hydrogen-bond acceptors (Lipinski definition) is 5. The molecule has 0 aromatic heterocycles. The lowest BCUT2D eigenvalue weighted by Crippen LogP contribution is -2.54. The maximum absolute atomic E-state index is 14.2. The number of rotatable bonds is 11. The van der Waals surface area contributed by atoms with Crippen LogP contribution in [0.25, 0.3) is 0 Å². The van der Waals surface area contributed by atoms with E-state index in [-0.39, 0.29) is 30.0 Å². The van der Waals surface area contributed by atoms with Crippen LogP contribution in [0.15, 0.2) is 54.6 Å². The van der Waals surface area contributed by atoms with Gasteiger partial charge in [-0.1, -0.05) is 55.8 Å². The van der Waals surface area contributed by atoms with Crippen molar-refractivity contribution in [3.63, 3.8) is 0 Å². The quantitative estimate of drug-likeness (QED) is 0.387. The fourth-order valence-corrected chi connectivity index (χ4v) is 4.17. The van der Waals surface area contributed by atoms with Crippen LogP contribution < -0.4 is 10.6 Å². The van der Waals surface area contributed by atoms with E-state index in [0.717, 1.165) is 31.2 Å². The molecule has 37 heavy (non-hydrogen) atoms. The first-order valence-electron chi connectivity index (χ1n) is 13.0. The van der Waals surface area contributed by atoms with E-state index in [2.05, 4.69) is 10.6 Å². The van der Waals surface area contributed by atoms with Crippen LogP contribution >= 0.6 is 0 Å². The Bertz CT molecular complexity index is 1060. The lowest BCUT2D eigenvalue weighted by atomic mass is 10.00. The Morgan fingerprint density at radius 2 is 1.78 bits per heavy atom. The fraction of sp³-hybridized carbons (Fsp3) is 0.483. The lowest BCUT2D eigenvalue weighted by molar-refractivity contribution is -0.143. The molecule has 0 saturated heterocycles. The van der Waals surface area contributed by atoms with Gasteiger partial charge in [-0.15, -0.1) is 0 Å². The second-order valence-electron chi connectivity index (χ2n) is 10.5. The number of unbranched alkanes of at least 4 members (excludes halogenated alkanes) is 1. The van der Waals surface area contributed by atoms with E-state index in [4.69, 9.17) is 4.74 Å². The molecule has 8 nitrogen and oxygen atoms in total. The zero-order valence-corrected chi connectivity index (χ0v) is 22.2. The third kappa shape index (κ3) is 8.51. The predicted molar refractivity (Wildman–Crippen MR) is 142 cm³/mol. The Morgan fingerprint density at radius 1 is 1.08 bits per heavy atom. The van der Waals surface area contributed by atoms with Crippen molar-refractivity contribution < 1.29 is 24.2 Å². The lowest BCUT2D eigenvalue weighted by Gasteiger charge is -2.35. The number of ether oxygens (including phenoxy) is 1. The molecule has 2 unspecified atom stereocenters. The van der Waals surface area contributed by atoms with Crippen molar-refractivity contribution >= 4 is 17.9 Å². The molecule has 1 aliphatic rings. The van der Waals surface area contributed by atoms with E-state index in [1.54, 1.807) is 37.8 Å². The number of carbonyl (C=O) groups excluding carboxylic acids is 3. The van der Waals surface area contributed by atoms with Crippen LogP contribution in [0, 0.1) is 0 Å². The first kappa shape index (κ1) is 28.0. The van der Waals surface area contributed by atoms with Crippen LogP contribution in [0.4, 0.5) is 4.79 Å². The van der Waals surface area contributed by atoms with Crippen molar-refractivity contribution in [2.24, 2.45) is 0 Å². The van der Waals surface area contributed by atoms with Crippen LogP contribution in [-0.4, -0.2) is 52.1 Å². The highest BCUT2D eigenvalue weighted by Gasteiger charge is 2.44. The second-order valence-corrected chi connectivity index (χ2v) is 10.5. The number of phenolic OH excluding ortho intramolecular Hbond substituents is 1. The van der Waals surface area contributed by atoms with E-state index >= 15 is 0 Å². The molecule has 0 aliphatic heterocycles. The van der Waals surface area contributed by atoms with Crippen molar-refractivity contribution in [1.82, 2.24) is 15.5 Å². The minimum Gasteiger partial charge on any atom is -0.508 e. The summed E-state index contributed by atoms with van der Waals surface area (Å²) in [4.78, 5) is 42.0. The molecule has 3 N–H and O–H groups in total. The average Bonchev–Trinajstić information content (AvgIpc) is 3.66. The van der Waals surface area contributed by atoms with E-state index in [9.17, 15) is 19.5 Å². The molecule has 200 valence electrons. The highest BCUT2D eigenvalue weighted by Crippen LogP contribution is 2.36. The van der Waals surface area contributed by atoms with Crippen molar-refractivity contribution in [3.05, 3.63) is 65.7 Å². The maximum Gasteiger partial charge on any atom is 0.408 e. The number of hydrogen-bond donors (Lipinski definition) is 3. The molecule has 8 heteroatoms. The second kappa shape index (κ2) is 12.6. The molecular formula is C29H39N3O5. The third-order valence-corrected chi connectivity index (χ3v) is 6.01. The number of phenols is 1. The Labute approximate surface area is 219 Å². The molecule has 1 saturated carbocycles. The van der Waals surface area contributed by atoms with Crippen LogP contribution in [0.3, 0.4) is 0 Å². The number of carbonyl (C=O) groups is 3. The van der Waals surface area contributed by atoms with Gasteiger partial charge in [-0.05, 0) is 63.3 Å². The summed E-state index contributed by atoms with van der Waals surface area (Å²) >= 11 is 0. The highest BCUT2D eigenvalue weighted by molar-refractivity contribution is 5.92. The van der Waals surface area contributed by atoms with Gasteiger partial charge in [-0.3, -0.25) is 9.59 Å². The Hall–Kier alpha value is -3.55. The van der Waals surface area contributed by atoms with Crippen LogP contribution in [0.5, 0.6) is 5.75 Å². The van der Waals surface area contributed by atoms with Crippen LogP contribution in [0.1, 0.15) is 70.5 Å². The Kier molecular flexibility index (Phi) is 9.55. The minimum absolute atomic E-state index is 0.0137. The van der Waals surface area contributed by atoms with Crippen molar-refractivity contribution in [2.45, 2.75) is 83.5 Å². The molecule has 0 heterocycles. The molecule has 2 aromatic rings. The number of aromatic hydroxyl groups is 1. The first-order chi connectivity index (χ1) is 17.6. The van der Waals surface area contributed by atoms with Gasteiger partial charge >= 0.3 is 6.09 Å².